The van der Waals surface area contributed by atoms with Crippen molar-refractivity contribution < 1.29 is 9.53 Å². The number of urea groups is 1. The summed E-state index contributed by atoms with van der Waals surface area (Å²) in [6, 6.07) is 7.55. The molecule has 0 heterocycles. The van der Waals surface area contributed by atoms with E-state index in [0.29, 0.717) is 6.54 Å². The largest absolute Gasteiger partial charge is 0.496 e. The molecule has 0 atom stereocenters. The number of benzene rings is 1. The second-order valence-electron chi connectivity index (χ2n) is 3.22. The summed E-state index contributed by atoms with van der Waals surface area (Å²) in [5, 5.41) is 2.57. The Morgan fingerprint density at radius 1 is 1.47 bits per heavy atom. The van der Waals surface area contributed by atoms with E-state index in [-0.39, 0.29) is 6.03 Å². The maximum atomic E-state index is 11.3. The SMILES string of the molecule is CNC(=O)N(C)Cc1ccccc1OC. The number of nitrogens with one attached hydrogen (secondary N) is 1. The summed E-state index contributed by atoms with van der Waals surface area (Å²) in [4.78, 5) is 12.9. The van der Waals surface area contributed by atoms with Crippen molar-refractivity contribution in [3.05, 3.63) is 29.8 Å². The van der Waals surface area contributed by atoms with Crippen LogP contribution in [0.4, 0.5) is 4.79 Å². The van der Waals surface area contributed by atoms with Crippen molar-refractivity contribution in [3.63, 3.8) is 0 Å². The van der Waals surface area contributed by atoms with Gasteiger partial charge in [-0.1, -0.05) is 18.2 Å². The van der Waals surface area contributed by atoms with Crippen LogP contribution < -0.4 is 10.1 Å². The highest BCUT2D eigenvalue weighted by Gasteiger charge is 2.09. The van der Waals surface area contributed by atoms with Crippen LogP contribution in [-0.2, 0) is 6.54 Å². The molecule has 0 spiro atoms. The highest BCUT2D eigenvalue weighted by molar-refractivity contribution is 5.73. The lowest BCUT2D eigenvalue weighted by molar-refractivity contribution is 0.208. The molecule has 0 aliphatic carbocycles. The zero-order valence-corrected chi connectivity index (χ0v) is 9.28. The molecule has 1 aromatic rings. The van der Waals surface area contributed by atoms with Gasteiger partial charge in [0.1, 0.15) is 5.75 Å². The monoisotopic (exact) mass is 208 g/mol. The molecule has 82 valence electrons. The number of para-hydroxylation sites is 1. The molecule has 0 unspecified atom stereocenters. The molecule has 1 N–H and O–H groups in total. The second-order valence-corrected chi connectivity index (χ2v) is 3.22. The lowest BCUT2D eigenvalue weighted by Gasteiger charge is -2.17. The van der Waals surface area contributed by atoms with Gasteiger partial charge in [0.15, 0.2) is 0 Å². The van der Waals surface area contributed by atoms with Crippen LogP contribution in [0.1, 0.15) is 5.56 Å². The molecule has 2 amide bonds. The number of methoxy groups -OCH3 is 1. The van der Waals surface area contributed by atoms with Crippen LogP contribution >= 0.6 is 0 Å². The van der Waals surface area contributed by atoms with Crippen LogP contribution in [-0.4, -0.2) is 32.1 Å². The van der Waals surface area contributed by atoms with Crippen molar-refractivity contribution in [1.29, 1.82) is 0 Å². The molecular weight excluding hydrogens is 192 g/mol. The number of rotatable bonds is 3. The van der Waals surface area contributed by atoms with Crippen LogP contribution in [0.25, 0.3) is 0 Å². The topological polar surface area (TPSA) is 41.6 Å². The Hall–Kier alpha value is -1.71. The highest BCUT2D eigenvalue weighted by Crippen LogP contribution is 2.18. The number of nitrogens with zero attached hydrogens (tertiary/aromatic N) is 1. The summed E-state index contributed by atoms with van der Waals surface area (Å²) in [7, 11) is 4.98. The molecular formula is C11H16N2O2. The molecule has 0 fully saturated rings. The Morgan fingerprint density at radius 3 is 2.73 bits per heavy atom. The summed E-state index contributed by atoms with van der Waals surface area (Å²) in [6.07, 6.45) is 0. The Labute approximate surface area is 89.8 Å². The molecule has 0 aliphatic heterocycles. The first-order chi connectivity index (χ1) is 7.19. The van der Waals surface area contributed by atoms with Gasteiger partial charge in [0.2, 0.25) is 0 Å². The van der Waals surface area contributed by atoms with Gasteiger partial charge in [0.25, 0.3) is 0 Å². The normalized spacial score (nSPS) is 9.53. The zero-order chi connectivity index (χ0) is 11.3. The smallest absolute Gasteiger partial charge is 0.317 e. The number of carbonyl (C=O) groups excluding carboxylic acids is 1. The van der Waals surface area contributed by atoms with Gasteiger partial charge in [-0.2, -0.15) is 0 Å². The van der Waals surface area contributed by atoms with E-state index in [9.17, 15) is 4.79 Å². The van der Waals surface area contributed by atoms with Gasteiger partial charge in [-0.15, -0.1) is 0 Å². The third-order valence-corrected chi connectivity index (χ3v) is 2.16. The number of ether oxygens (including phenoxy) is 1. The molecule has 0 radical (unpaired) electrons. The fourth-order valence-electron chi connectivity index (χ4n) is 1.35. The lowest BCUT2D eigenvalue weighted by atomic mass is 10.2. The van der Waals surface area contributed by atoms with Crippen LogP contribution in [0.5, 0.6) is 5.75 Å². The molecule has 0 bridgehead atoms. The molecule has 0 aromatic heterocycles. The van der Waals surface area contributed by atoms with E-state index >= 15 is 0 Å². The van der Waals surface area contributed by atoms with E-state index in [4.69, 9.17) is 4.74 Å². The average Bonchev–Trinajstić information content (AvgIpc) is 2.28. The fourth-order valence-corrected chi connectivity index (χ4v) is 1.35. The number of hydrogen-bond donors (Lipinski definition) is 1. The van der Waals surface area contributed by atoms with Crippen molar-refractivity contribution in [2.45, 2.75) is 6.54 Å². The highest BCUT2D eigenvalue weighted by atomic mass is 16.5. The van der Waals surface area contributed by atoms with Gasteiger partial charge >= 0.3 is 6.03 Å². The van der Waals surface area contributed by atoms with Crippen molar-refractivity contribution >= 4 is 6.03 Å². The van der Waals surface area contributed by atoms with Crippen molar-refractivity contribution in [1.82, 2.24) is 10.2 Å². The third kappa shape index (κ3) is 2.87. The molecule has 0 saturated heterocycles. The fraction of sp³-hybridized carbons (Fsp3) is 0.364. The Balaban J connectivity index is 2.75. The second kappa shape index (κ2) is 5.24. The minimum atomic E-state index is -0.110. The van der Waals surface area contributed by atoms with Crippen LogP contribution in [0.15, 0.2) is 24.3 Å². The third-order valence-electron chi connectivity index (χ3n) is 2.16. The van der Waals surface area contributed by atoms with E-state index in [1.165, 1.54) is 0 Å². The Bertz CT molecular complexity index is 339. The van der Waals surface area contributed by atoms with Gasteiger partial charge in [-0.3, -0.25) is 0 Å². The summed E-state index contributed by atoms with van der Waals surface area (Å²) < 4.78 is 5.20. The molecule has 4 heteroatoms. The molecule has 15 heavy (non-hydrogen) atoms. The maximum absolute atomic E-state index is 11.3. The van der Waals surface area contributed by atoms with Crippen LogP contribution in [0.2, 0.25) is 0 Å². The predicted octanol–water partition coefficient (Wildman–Crippen LogP) is 1.47. The first kappa shape index (κ1) is 11.4. The van der Waals surface area contributed by atoms with E-state index < -0.39 is 0 Å². The van der Waals surface area contributed by atoms with Gasteiger partial charge in [-0.05, 0) is 6.07 Å². The Kier molecular flexibility index (Phi) is 3.97. The Morgan fingerprint density at radius 2 is 2.13 bits per heavy atom. The van der Waals surface area contributed by atoms with E-state index in [0.717, 1.165) is 11.3 Å². The zero-order valence-electron chi connectivity index (χ0n) is 9.28. The van der Waals surface area contributed by atoms with Gasteiger partial charge in [-0.25, -0.2) is 4.79 Å². The predicted molar refractivity (Wildman–Crippen MR) is 58.9 cm³/mol. The summed E-state index contributed by atoms with van der Waals surface area (Å²) >= 11 is 0. The maximum Gasteiger partial charge on any atom is 0.317 e. The van der Waals surface area contributed by atoms with Crippen molar-refractivity contribution in [2.75, 3.05) is 21.2 Å². The van der Waals surface area contributed by atoms with Gasteiger partial charge in [0, 0.05) is 19.7 Å². The van der Waals surface area contributed by atoms with Crippen molar-refractivity contribution in [3.8, 4) is 5.75 Å². The minimum Gasteiger partial charge on any atom is -0.496 e. The molecule has 1 aromatic carbocycles. The number of hydrogen-bond acceptors (Lipinski definition) is 2. The minimum absolute atomic E-state index is 0.110. The molecule has 1 rings (SSSR count). The van der Waals surface area contributed by atoms with Crippen molar-refractivity contribution in [2.24, 2.45) is 0 Å². The van der Waals surface area contributed by atoms with E-state index in [1.807, 2.05) is 24.3 Å². The standard InChI is InChI=1S/C11H16N2O2/c1-12-11(14)13(2)8-9-6-4-5-7-10(9)15-3/h4-7H,8H2,1-3H3,(H,12,14). The first-order valence-electron chi connectivity index (χ1n) is 4.73. The summed E-state index contributed by atoms with van der Waals surface area (Å²) in [6.45, 7) is 0.531. The summed E-state index contributed by atoms with van der Waals surface area (Å²) in [5.74, 6) is 0.799. The van der Waals surface area contributed by atoms with Crippen LogP contribution in [0, 0.1) is 0 Å². The molecule has 4 nitrogen and oxygen atoms in total. The summed E-state index contributed by atoms with van der Waals surface area (Å²) in [5.41, 5.74) is 0.992. The quantitative estimate of drug-likeness (QED) is 0.817. The number of carbonyl (C=O) groups is 1. The first-order valence-corrected chi connectivity index (χ1v) is 4.73. The van der Waals surface area contributed by atoms with E-state index in [1.54, 1.807) is 26.1 Å². The van der Waals surface area contributed by atoms with Gasteiger partial charge < -0.3 is 15.0 Å². The lowest BCUT2D eigenvalue weighted by Crippen LogP contribution is -2.34. The van der Waals surface area contributed by atoms with Crippen LogP contribution in [0.3, 0.4) is 0 Å². The van der Waals surface area contributed by atoms with Gasteiger partial charge in [0.05, 0.1) is 13.7 Å². The molecule has 0 aliphatic rings. The number of amides is 2. The molecule has 0 saturated carbocycles. The average molecular weight is 208 g/mol. The van der Waals surface area contributed by atoms with E-state index in [2.05, 4.69) is 5.32 Å².